The molecular formula is C42H59N3O3. The Balaban J connectivity index is 1.23. The number of aromatic nitrogens is 2. The van der Waals surface area contributed by atoms with E-state index in [1.165, 1.54) is 62.3 Å². The van der Waals surface area contributed by atoms with E-state index in [9.17, 15) is 4.79 Å². The number of esters is 1. The van der Waals surface area contributed by atoms with Crippen LogP contribution in [0, 0.1) is 51.2 Å². The minimum Gasteiger partial charge on any atom is -0.465 e. The molecule has 6 nitrogen and oxygen atoms in total. The van der Waals surface area contributed by atoms with E-state index in [2.05, 4.69) is 90.4 Å². The Morgan fingerprint density at radius 1 is 0.938 bits per heavy atom. The van der Waals surface area contributed by atoms with Crippen molar-refractivity contribution in [2.45, 2.75) is 111 Å². The Bertz CT molecular complexity index is 1620. The fourth-order valence-electron chi connectivity index (χ4n) is 13.3. The van der Waals surface area contributed by atoms with Gasteiger partial charge in [-0.1, -0.05) is 65.0 Å². The highest BCUT2D eigenvalue weighted by atomic mass is 16.5. The molecular weight excluding hydrogens is 594 g/mol. The van der Waals surface area contributed by atoms with Gasteiger partial charge in [-0.15, -0.1) is 10.2 Å². The Hall–Kier alpha value is -2.73. The summed E-state index contributed by atoms with van der Waals surface area (Å²) in [5.74, 6) is 4.29. The Labute approximate surface area is 289 Å². The van der Waals surface area contributed by atoms with Crippen LogP contribution in [0.2, 0.25) is 0 Å². The summed E-state index contributed by atoms with van der Waals surface area (Å²) in [7, 11) is 5.57. The Morgan fingerprint density at radius 3 is 2.33 bits per heavy atom. The lowest BCUT2D eigenvalue weighted by molar-refractivity contribution is -0.219. The number of carbonyl (C=O) groups excluding carboxylic acids is 1. The number of hydrogen-bond acceptors (Lipinski definition) is 6. The quantitative estimate of drug-likeness (QED) is 0.229. The number of fused-ring (bicyclic) bond motifs is 7. The molecule has 6 heteroatoms. The first-order chi connectivity index (χ1) is 22.6. The van der Waals surface area contributed by atoms with Gasteiger partial charge in [0, 0.05) is 0 Å². The van der Waals surface area contributed by atoms with Gasteiger partial charge in [-0.25, -0.2) is 4.79 Å². The maximum Gasteiger partial charge on any atom is 0.337 e. The highest BCUT2D eigenvalue weighted by Crippen LogP contribution is 2.77. The van der Waals surface area contributed by atoms with Crippen molar-refractivity contribution in [1.82, 2.24) is 15.1 Å². The number of nitrogens with zero attached hydrogens (tertiary/aromatic N) is 3. The van der Waals surface area contributed by atoms with Crippen molar-refractivity contribution in [2.75, 3.05) is 21.2 Å². The fourth-order valence-corrected chi connectivity index (χ4v) is 13.3. The zero-order valence-corrected chi connectivity index (χ0v) is 31.1. The predicted molar refractivity (Wildman–Crippen MR) is 191 cm³/mol. The van der Waals surface area contributed by atoms with Crippen LogP contribution in [0.4, 0.5) is 0 Å². The molecule has 0 radical (unpaired) electrons. The van der Waals surface area contributed by atoms with Crippen molar-refractivity contribution < 1.29 is 13.9 Å². The van der Waals surface area contributed by atoms with E-state index in [1.807, 2.05) is 12.1 Å². The third-order valence-corrected chi connectivity index (χ3v) is 15.6. The summed E-state index contributed by atoms with van der Waals surface area (Å²) >= 11 is 0. The lowest BCUT2D eigenvalue weighted by atomic mass is 9.32. The van der Waals surface area contributed by atoms with E-state index in [0.29, 0.717) is 41.7 Å². The molecule has 0 unspecified atom stereocenters. The largest absolute Gasteiger partial charge is 0.465 e. The van der Waals surface area contributed by atoms with Crippen molar-refractivity contribution in [3.63, 3.8) is 0 Å². The number of allylic oxidation sites excluding steroid dienone is 3. The van der Waals surface area contributed by atoms with Crippen LogP contribution < -0.4 is 0 Å². The number of rotatable bonds is 6. The Kier molecular flexibility index (Phi) is 8.02. The third-order valence-electron chi connectivity index (χ3n) is 15.6. The number of ether oxygens (including phenoxy) is 1. The summed E-state index contributed by atoms with van der Waals surface area (Å²) in [6.45, 7) is 20.6. The molecule has 5 aliphatic rings. The minimum atomic E-state index is -0.278. The van der Waals surface area contributed by atoms with Crippen molar-refractivity contribution in [2.24, 2.45) is 51.2 Å². The second-order valence-electron chi connectivity index (χ2n) is 18.2. The standard InChI is InChI=1S/C42H59N3O3/c1-26(2)29-17-22-42(37-44-43-34(48-37)25-45(8)9)24-23-40(6)31(35(29)42)15-16-33-39(5)20-18-30(27-11-13-28(14-12-27)36(46)47-10)38(3,4)32(39)19-21-41(33,40)7/h11-14,18,29,31-33,35H,1,15-17,19-25H2,2-10H3/t29-,31+,32-,33+,35+,39-,40+,41+,42-/m0/s1. The molecule has 1 aromatic carbocycles. The average molecular weight is 654 g/mol. The highest BCUT2D eigenvalue weighted by molar-refractivity contribution is 5.89. The summed E-state index contributed by atoms with van der Waals surface area (Å²) in [6, 6.07) is 8.10. The van der Waals surface area contributed by atoms with Crippen LogP contribution in [0.1, 0.15) is 127 Å². The van der Waals surface area contributed by atoms with Crippen LogP contribution in [0.25, 0.3) is 5.57 Å². The molecule has 9 atom stereocenters. The molecule has 0 aliphatic heterocycles. The van der Waals surface area contributed by atoms with Gasteiger partial charge in [0.25, 0.3) is 0 Å². The van der Waals surface area contributed by atoms with E-state index >= 15 is 0 Å². The summed E-state index contributed by atoms with van der Waals surface area (Å²) < 4.78 is 11.5. The van der Waals surface area contributed by atoms with Gasteiger partial charge in [-0.2, -0.15) is 0 Å². The van der Waals surface area contributed by atoms with Crippen molar-refractivity contribution in [3.05, 3.63) is 65.4 Å². The SMILES string of the molecule is C=C(C)[C@@H]1CC[C@]2(c3nnc(CN(C)C)o3)CC[C@]3(C)[C@H](CC[C@@H]4[C@@]5(C)CC=C(c6ccc(C(=O)OC)cc6)C(C)(C)[C@@H]5CC[C@]43C)[C@@H]12. The molecule has 0 amide bonds. The average Bonchev–Trinajstić information content (AvgIpc) is 3.66. The van der Waals surface area contributed by atoms with Gasteiger partial charge in [-0.05, 0) is 153 Å². The molecule has 1 aromatic heterocycles. The van der Waals surface area contributed by atoms with E-state index in [-0.39, 0.29) is 33.0 Å². The van der Waals surface area contributed by atoms with Gasteiger partial charge in [-0.3, -0.25) is 0 Å². The van der Waals surface area contributed by atoms with Crippen molar-refractivity contribution in [3.8, 4) is 0 Å². The number of carbonyl (C=O) groups is 1. The van der Waals surface area contributed by atoms with Gasteiger partial charge in [0.15, 0.2) is 0 Å². The smallest absolute Gasteiger partial charge is 0.337 e. The summed E-state index contributed by atoms with van der Waals surface area (Å²) in [6.07, 6.45) is 13.5. The second kappa shape index (κ2) is 11.4. The lowest BCUT2D eigenvalue weighted by Crippen LogP contribution is -2.65. The summed E-state index contributed by atoms with van der Waals surface area (Å²) in [5.41, 5.74) is 5.39. The van der Waals surface area contributed by atoms with E-state index in [0.717, 1.165) is 31.0 Å². The first-order valence-electron chi connectivity index (χ1n) is 18.6. The normalized spacial score (nSPS) is 39.9. The van der Waals surface area contributed by atoms with Crippen LogP contribution in [0.3, 0.4) is 0 Å². The molecule has 7 rings (SSSR count). The molecule has 0 spiro atoms. The van der Waals surface area contributed by atoms with Crippen LogP contribution in [0.15, 0.2) is 46.9 Å². The van der Waals surface area contributed by atoms with Crippen molar-refractivity contribution >= 4 is 11.5 Å². The van der Waals surface area contributed by atoms with Crippen LogP contribution in [-0.2, 0) is 16.7 Å². The Morgan fingerprint density at radius 2 is 1.67 bits per heavy atom. The molecule has 4 fully saturated rings. The van der Waals surface area contributed by atoms with Crippen LogP contribution >= 0.6 is 0 Å². The van der Waals surface area contributed by atoms with E-state index in [4.69, 9.17) is 14.3 Å². The molecule has 0 N–H and O–H groups in total. The number of benzene rings is 1. The zero-order chi connectivity index (χ0) is 34.4. The van der Waals surface area contributed by atoms with Gasteiger partial charge < -0.3 is 14.1 Å². The van der Waals surface area contributed by atoms with E-state index < -0.39 is 0 Å². The van der Waals surface area contributed by atoms with Gasteiger partial charge in [0.2, 0.25) is 11.8 Å². The van der Waals surface area contributed by atoms with Crippen LogP contribution in [0.5, 0.6) is 0 Å². The monoisotopic (exact) mass is 653 g/mol. The molecule has 260 valence electrons. The van der Waals surface area contributed by atoms with Gasteiger partial charge in [0.1, 0.15) is 0 Å². The maximum atomic E-state index is 12.1. The molecule has 0 saturated heterocycles. The van der Waals surface area contributed by atoms with Crippen molar-refractivity contribution in [1.29, 1.82) is 0 Å². The summed E-state index contributed by atoms with van der Waals surface area (Å²) in [5, 5.41) is 9.37. The molecule has 5 aliphatic carbocycles. The molecule has 48 heavy (non-hydrogen) atoms. The maximum absolute atomic E-state index is 12.1. The minimum absolute atomic E-state index is 0.0382. The predicted octanol–water partition coefficient (Wildman–Crippen LogP) is 9.52. The van der Waals surface area contributed by atoms with Gasteiger partial charge >= 0.3 is 5.97 Å². The number of methoxy groups -OCH3 is 1. The molecule has 1 heterocycles. The number of hydrogen-bond donors (Lipinski definition) is 0. The van der Waals surface area contributed by atoms with E-state index in [1.54, 1.807) is 0 Å². The third kappa shape index (κ3) is 4.63. The molecule has 4 saturated carbocycles. The summed E-state index contributed by atoms with van der Waals surface area (Å²) in [4.78, 5) is 14.2. The fraction of sp³-hybridized carbons (Fsp3) is 0.690. The molecule has 2 aromatic rings. The topological polar surface area (TPSA) is 68.5 Å². The highest BCUT2D eigenvalue weighted by Gasteiger charge is 2.71. The second-order valence-corrected chi connectivity index (χ2v) is 18.2. The molecule has 0 bridgehead atoms. The van der Waals surface area contributed by atoms with Gasteiger partial charge in [0.05, 0.1) is 24.6 Å². The first-order valence-corrected chi connectivity index (χ1v) is 18.6. The lowest BCUT2D eigenvalue weighted by Gasteiger charge is -2.72. The van der Waals surface area contributed by atoms with Crippen LogP contribution in [-0.4, -0.2) is 42.3 Å². The first kappa shape index (κ1) is 33.8. The zero-order valence-electron chi connectivity index (χ0n) is 31.1.